The average molecular weight is 308 g/mol. The van der Waals surface area contributed by atoms with Gasteiger partial charge in [-0.25, -0.2) is 0 Å². The van der Waals surface area contributed by atoms with Gasteiger partial charge < -0.3 is 5.73 Å². The Morgan fingerprint density at radius 3 is 2.55 bits per heavy atom. The van der Waals surface area contributed by atoms with Crippen molar-refractivity contribution in [1.82, 2.24) is 14.3 Å². The van der Waals surface area contributed by atoms with Gasteiger partial charge in [-0.3, -0.25) is 14.0 Å². The Morgan fingerprint density at radius 1 is 1.23 bits per heavy atom. The number of hydrogen-bond donors (Lipinski definition) is 1. The molecular formula is C14H11F3N4O. The van der Waals surface area contributed by atoms with E-state index >= 15 is 0 Å². The summed E-state index contributed by atoms with van der Waals surface area (Å²) in [6, 6.07) is 4.30. The van der Waals surface area contributed by atoms with Crippen LogP contribution in [0.1, 0.15) is 5.56 Å². The normalized spacial score (nSPS) is 12.0. The molecule has 0 spiro atoms. The number of aryl methyl sites for hydroxylation is 1. The van der Waals surface area contributed by atoms with Gasteiger partial charge in [-0.15, -0.1) is 0 Å². The third-order valence-electron chi connectivity index (χ3n) is 3.33. The van der Waals surface area contributed by atoms with Crippen molar-refractivity contribution < 1.29 is 13.2 Å². The van der Waals surface area contributed by atoms with Gasteiger partial charge in [0.15, 0.2) is 0 Å². The Balaban J connectivity index is 2.42. The number of anilines is 1. The second kappa shape index (κ2) is 4.62. The van der Waals surface area contributed by atoms with Crippen molar-refractivity contribution >= 4 is 16.6 Å². The van der Waals surface area contributed by atoms with Crippen LogP contribution >= 0.6 is 0 Å². The van der Waals surface area contributed by atoms with Crippen LogP contribution in [-0.4, -0.2) is 14.3 Å². The lowest BCUT2D eigenvalue weighted by Gasteiger charge is -2.13. The van der Waals surface area contributed by atoms with Gasteiger partial charge in [0.1, 0.15) is 0 Å². The van der Waals surface area contributed by atoms with E-state index in [-0.39, 0.29) is 11.2 Å². The summed E-state index contributed by atoms with van der Waals surface area (Å²) >= 11 is 0. The predicted molar refractivity (Wildman–Crippen MR) is 75.7 cm³/mol. The second-order valence-corrected chi connectivity index (χ2v) is 4.88. The maximum atomic E-state index is 12.9. The van der Waals surface area contributed by atoms with Gasteiger partial charge in [0, 0.05) is 30.4 Å². The third-order valence-corrected chi connectivity index (χ3v) is 3.33. The van der Waals surface area contributed by atoms with Crippen molar-refractivity contribution in [1.29, 1.82) is 0 Å². The zero-order valence-corrected chi connectivity index (χ0v) is 11.4. The molecule has 1 aromatic carbocycles. The molecule has 2 heterocycles. The monoisotopic (exact) mass is 308 g/mol. The van der Waals surface area contributed by atoms with Gasteiger partial charge in [0.25, 0.3) is 5.56 Å². The smallest absolute Gasteiger partial charge is 0.398 e. The number of nitrogens with zero attached hydrogens (tertiary/aromatic N) is 3. The summed E-state index contributed by atoms with van der Waals surface area (Å²) in [4.78, 5) is 12.2. The Labute approximate surface area is 122 Å². The molecule has 0 aliphatic carbocycles. The summed E-state index contributed by atoms with van der Waals surface area (Å²) in [7, 11) is 1.65. The fraction of sp³-hybridized carbons (Fsp3) is 0.143. The molecule has 0 atom stereocenters. The minimum atomic E-state index is -4.51. The van der Waals surface area contributed by atoms with E-state index in [1.54, 1.807) is 7.05 Å². The molecule has 0 saturated heterocycles. The van der Waals surface area contributed by atoms with Gasteiger partial charge in [-0.2, -0.15) is 18.3 Å². The van der Waals surface area contributed by atoms with Gasteiger partial charge in [0.05, 0.1) is 23.0 Å². The highest BCUT2D eigenvalue weighted by atomic mass is 19.4. The van der Waals surface area contributed by atoms with Crippen LogP contribution < -0.4 is 11.3 Å². The number of hydrogen-bond acceptors (Lipinski definition) is 3. The number of nitrogens with two attached hydrogens (primary N) is 1. The van der Waals surface area contributed by atoms with Crippen molar-refractivity contribution in [3.8, 4) is 5.69 Å². The molecule has 0 radical (unpaired) electrons. The summed E-state index contributed by atoms with van der Waals surface area (Å²) in [6.07, 6.45) is -1.57. The summed E-state index contributed by atoms with van der Waals surface area (Å²) < 4.78 is 41.4. The van der Waals surface area contributed by atoms with Crippen LogP contribution in [0.15, 0.2) is 41.5 Å². The van der Waals surface area contributed by atoms with Crippen molar-refractivity contribution in [2.45, 2.75) is 6.18 Å². The number of rotatable bonds is 1. The maximum Gasteiger partial charge on any atom is 0.416 e. The third kappa shape index (κ3) is 2.22. The lowest BCUT2D eigenvalue weighted by molar-refractivity contribution is -0.137. The van der Waals surface area contributed by atoms with Crippen molar-refractivity contribution in [2.24, 2.45) is 7.05 Å². The zero-order chi connectivity index (χ0) is 16.1. The first-order chi connectivity index (χ1) is 10.3. The standard InChI is InChI=1S/C14H11F3N4O/c1-20-7-9(6-19-20)21-12-4-8(14(15,16)17)2-3-10(12)11(18)5-13(21)22/h2-7H,18H2,1H3. The van der Waals surface area contributed by atoms with Crippen molar-refractivity contribution in [3.63, 3.8) is 0 Å². The average Bonchev–Trinajstić information content (AvgIpc) is 2.83. The first-order valence-electron chi connectivity index (χ1n) is 6.29. The fourth-order valence-electron chi connectivity index (χ4n) is 2.32. The van der Waals surface area contributed by atoms with Crippen LogP contribution in [-0.2, 0) is 13.2 Å². The molecule has 114 valence electrons. The van der Waals surface area contributed by atoms with E-state index in [0.29, 0.717) is 11.1 Å². The lowest BCUT2D eigenvalue weighted by Crippen LogP contribution is -2.19. The number of aromatic nitrogens is 3. The van der Waals surface area contributed by atoms with Gasteiger partial charge in [0.2, 0.25) is 0 Å². The summed E-state index contributed by atoms with van der Waals surface area (Å²) in [6.45, 7) is 0. The Bertz CT molecular complexity index is 924. The number of alkyl halides is 3. The first kappa shape index (κ1) is 14.2. The van der Waals surface area contributed by atoms with E-state index in [1.807, 2.05) is 0 Å². The summed E-state index contributed by atoms with van der Waals surface area (Å²) in [5.74, 6) is 0. The number of fused-ring (bicyclic) bond motifs is 1. The molecule has 3 rings (SSSR count). The number of nitrogen functional groups attached to an aromatic ring is 1. The fourth-order valence-corrected chi connectivity index (χ4v) is 2.32. The zero-order valence-electron chi connectivity index (χ0n) is 11.4. The van der Waals surface area contributed by atoms with Gasteiger partial charge >= 0.3 is 6.18 Å². The maximum absolute atomic E-state index is 12.9. The molecular weight excluding hydrogens is 297 g/mol. The van der Waals surface area contributed by atoms with Gasteiger partial charge in [-0.05, 0) is 12.1 Å². The molecule has 0 saturated carbocycles. The van der Waals surface area contributed by atoms with E-state index in [1.165, 1.54) is 29.2 Å². The molecule has 0 unspecified atom stereocenters. The van der Waals surface area contributed by atoms with Crippen LogP contribution in [0.3, 0.4) is 0 Å². The second-order valence-electron chi connectivity index (χ2n) is 4.88. The summed E-state index contributed by atoms with van der Waals surface area (Å²) in [5.41, 5.74) is 4.99. The predicted octanol–water partition coefficient (Wildman–Crippen LogP) is 2.33. The molecule has 0 aliphatic heterocycles. The van der Waals surface area contributed by atoms with E-state index in [4.69, 9.17) is 5.73 Å². The molecule has 2 N–H and O–H groups in total. The molecule has 5 nitrogen and oxygen atoms in total. The highest BCUT2D eigenvalue weighted by Gasteiger charge is 2.31. The van der Waals surface area contributed by atoms with Crippen LogP contribution in [0, 0.1) is 0 Å². The Morgan fingerprint density at radius 2 is 1.95 bits per heavy atom. The number of halogens is 3. The van der Waals surface area contributed by atoms with Crippen LogP contribution in [0.25, 0.3) is 16.6 Å². The minimum absolute atomic E-state index is 0.0906. The SMILES string of the molecule is Cn1cc(-n2c(=O)cc(N)c3ccc(C(F)(F)F)cc32)cn1. The molecule has 3 aromatic rings. The number of pyridine rings is 1. The highest BCUT2D eigenvalue weighted by Crippen LogP contribution is 2.32. The summed E-state index contributed by atoms with van der Waals surface area (Å²) in [5, 5.41) is 4.31. The lowest BCUT2D eigenvalue weighted by atomic mass is 10.1. The van der Waals surface area contributed by atoms with Crippen LogP contribution in [0.2, 0.25) is 0 Å². The molecule has 22 heavy (non-hydrogen) atoms. The number of benzene rings is 1. The Hall–Kier alpha value is -2.77. The molecule has 0 bridgehead atoms. The minimum Gasteiger partial charge on any atom is -0.398 e. The molecule has 8 heteroatoms. The van der Waals surface area contributed by atoms with E-state index in [2.05, 4.69) is 5.10 Å². The largest absolute Gasteiger partial charge is 0.416 e. The first-order valence-corrected chi connectivity index (χ1v) is 6.29. The highest BCUT2D eigenvalue weighted by molar-refractivity contribution is 5.91. The van der Waals surface area contributed by atoms with E-state index in [9.17, 15) is 18.0 Å². The Kier molecular flexibility index (Phi) is 2.98. The molecule has 0 amide bonds. The van der Waals surface area contributed by atoms with Crippen LogP contribution in [0.5, 0.6) is 0 Å². The molecule has 0 aliphatic rings. The molecule has 0 fully saturated rings. The van der Waals surface area contributed by atoms with E-state index in [0.717, 1.165) is 16.7 Å². The van der Waals surface area contributed by atoms with Crippen molar-refractivity contribution in [3.05, 3.63) is 52.6 Å². The quantitative estimate of drug-likeness (QED) is 0.750. The van der Waals surface area contributed by atoms with Crippen molar-refractivity contribution in [2.75, 3.05) is 5.73 Å². The van der Waals surface area contributed by atoms with Crippen LogP contribution in [0.4, 0.5) is 18.9 Å². The van der Waals surface area contributed by atoms with Gasteiger partial charge in [-0.1, -0.05) is 6.07 Å². The molecule has 2 aromatic heterocycles. The topological polar surface area (TPSA) is 65.8 Å². The van der Waals surface area contributed by atoms with E-state index < -0.39 is 17.3 Å².